The van der Waals surface area contributed by atoms with Gasteiger partial charge in [-0.25, -0.2) is 8.42 Å². The molecule has 0 spiro atoms. The van der Waals surface area contributed by atoms with Crippen molar-refractivity contribution in [1.82, 2.24) is 5.32 Å². The predicted octanol–water partition coefficient (Wildman–Crippen LogP) is 2.60. The Morgan fingerprint density at radius 1 is 1.33 bits per heavy atom. The lowest BCUT2D eigenvalue weighted by molar-refractivity contribution is 0.580. The van der Waals surface area contributed by atoms with E-state index >= 15 is 0 Å². The fraction of sp³-hybridized carbons (Fsp3) is 0.385. The Bertz CT molecular complexity index is 598. The Morgan fingerprint density at radius 2 is 2.06 bits per heavy atom. The zero-order valence-corrected chi connectivity index (χ0v) is 12.1. The summed E-state index contributed by atoms with van der Waals surface area (Å²) in [4.78, 5) is 1.24. The zero-order valence-electron chi connectivity index (χ0n) is 10.5. The highest BCUT2D eigenvalue weighted by atomic mass is 32.2. The van der Waals surface area contributed by atoms with Gasteiger partial charge in [-0.15, -0.1) is 11.3 Å². The normalized spacial score (nSPS) is 13.9. The SMILES string of the molecule is CC(NCCS(C)(=O)=O)c1cc2ccccc2s1. The third-order valence-corrected chi connectivity index (χ3v) is 5.04. The first-order valence-corrected chi connectivity index (χ1v) is 8.73. The van der Waals surface area contributed by atoms with E-state index in [1.165, 1.54) is 21.2 Å². The van der Waals surface area contributed by atoms with Crippen LogP contribution in [0.25, 0.3) is 10.1 Å². The van der Waals surface area contributed by atoms with Crippen molar-refractivity contribution in [1.29, 1.82) is 0 Å². The summed E-state index contributed by atoms with van der Waals surface area (Å²) in [6.07, 6.45) is 1.26. The number of thiophene rings is 1. The maximum Gasteiger partial charge on any atom is 0.148 e. The molecule has 0 saturated carbocycles. The lowest BCUT2D eigenvalue weighted by Gasteiger charge is -2.10. The van der Waals surface area contributed by atoms with E-state index in [-0.39, 0.29) is 11.8 Å². The number of hydrogen-bond acceptors (Lipinski definition) is 4. The summed E-state index contributed by atoms with van der Waals surface area (Å²) in [6.45, 7) is 2.56. The molecule has 2 aromatic rings. The number of hydrogen-bond donors (Lipinski definition) is 1. The van der Waals surface area contributed by atoms with Gasteiger partial charge in [0.15, 0.2) is 0 Å². The quantitative estimate of drug-likeness (QED) is 0.917. The minimum absolute atomic E-state index is 0.183. The molecule has 0 aliphatic carbocycles. The van der Waals surface area contributed by atoms with Crippen molar-refractivity contribution in [2.75, 3.05) is 18.6 Å². The van der Waals surface area contributed by atoms with Crippen molar-refractivity contribution >= 4 is 31.3 Å². The summed E-state index contributed by atoms with van der Waals surface area (Å²) in [5.74, 6) is 0.183. The molecule has 18 heavy (non-hydrogen) atoms. The molecule has 98 valence electrons. The summed E-state index contributed by atoms with van der Waals surface area (Å²) in [5, 5.41) is 4.49. The van der Waals surface area contributed by atoms with Gasteiger partial charge in [-0.1, -0.05) is 18.2 Å². The first-order valence-electron chi connectivity index (χ1n) is 5.85. The van der Waals surface area contributed by atoms with Gasteiger partial charge in [-0.05, 0) is 24.4 Å². The smallest absolute Gasteiger partial charge is 0.148 e. The van der Waals surface area contributed by atoms with Crippen molar-refractivity contribution in [3.05, 3.63) is 35.2 Å². The molecule has 1 aromatic heterocycles. The lowest BCUT2D eigenvalue weighted by atomic mass is 10.2. The molecule has 0 bridgehead atoms. The molecule has 5 heteroatoms. The van der Waals surface area contributed by atoms with Gasteiger partial charge in [0.1, 0.15) is 9.84 Å². The molecule has 1 atom stereocenters. The molecule has 1 unspecified atom stereocenters. The Balaban J connectivity index is 2.02. The average Bonchev–Trinajstić information content (AvgIpc) is 2.70. The summed E-state index contributed by atoms with van der Waals surface area (Å²) in [6, 6.07) is 10.6. The highest BCUT2D eigenvalue weighted by molar-refractivity contribution is 7.90. The highest BCUT2D eigenvalue weighted by Crippen LogP contribution is 2.29. The van der Waals surface area contributed by atoms with Gasteiger partial charge >= 0.3 is 0 Å². The number of rotatable bonds is 5. The second-order valence-electron chi connectivity index (χ2n) is 4.49. The van der Waals surface area contributed by atoms with Crippen LogP contribution >= 0.6 is 11.3 Å². The van der Waals surface area contributed by atoms with Gasteiger partial charge in [0.2, 0.25) is 0 Å². The van der Waals surface area contributed by atoms with E-state index in [2.05, 4.69) is 30.4 Å². The average molecular weight is 283 g/mol. The van der Waals surface area contributed by atoms with E-state index in [1.807, 2.05) is 12.1 Å². The van der Waals surface area contributed by atoms with Crippen molar-refractivity contribution in [2.24, 2.45) is 0 Å². The Morgan fingerprint density at radius 3 is 2.72 bits per heavy atom. The number of nitrogens with one attached hydrogen (secondary N) is 1. The minimum atomic E-state index is -2.89. The fourth-order valence-corrected chi connectivity index (χ4v) is 3.36. The van der Waals surface area contributed by atoms with Gasteiger partial charge in [-0.2, -0.15) is 0 Å². The molecule has 0 aliphatic rings. The largest absolute Gasteiger partial charge is 0.308 e. The van der Waals surface area contributed by atoms with Crippen LogP contribution in [0.2, 0.25) is 0 Å². The van der Waals surface area contributed by atoms with Gasteiger partial charge < -0.3 is 5.32 Å². The summed E-state index contributed by atoms with van der Waals surface area (Å²) < 4.78 is 23.4. The van der Waals surface area contributed by atoms with Gasteiger partial charge in [0, 0.05) is 28.4 Å². The van der Waals surface area contributed by atoms with Crippen molar-refractivity contribution in [3.63, 3.8) is 0 Å². The van der Waals surface area contributed by atoms with E-state index in [0.717, 1.165) is 0 Å². The Hall–Kier alpha value is -0.910. The molecule has 1 heterocycles. The summed E-state index contributed by atoms with van der Waals surface area (Å²) in [5.41, 5.74) is 0. The maximum atomic E-state index is 11.1. The minimum Gasteiger partial charge on any atom is -0.308 e. The molecular weight excluding hydrogens is 266 g/mol. The van der Waals surface area contributed by atoms with Crippen LogP contribution in [-0.2, 0) is 9.84 Å². The topological polar surface area (TPSA) is 46.2 Å². The molecule has 1 N–H and O–H groups in total. The lowest BCUT2D eigenvalue weighted by Crippen LogP contribution is -2.24. The molecule has 0 aliphatic heterocycles. The predicted molar refractivity (Wildman–Crippen MR) is 78.0 cm³/mol. The van der Waals surface area contributed by atoms with Crippen molar-refractivity contribution in [3.8, 4) is 0 Å². The van der Waals surface area contributed by atoms with Crippen LogP contribution in [0, 0.1) is 0 Å². The molecule has 0 fully saturated rings. The van der Waals surface area contributed by atoms with Gasteiger partial charge in [0.05, 0.1) is 5.75 Å². The summed E-state index contributed by atoms with van der Waals surface area (Å²) in [7, 11) is -2.89. The molecule has 3 nitrogen and oxygen atoms in total. The van der Waals surface area contributed by atoms with E-state index in [4.69, 9.17) is 0 Å². The van der Waals surface area contributed by atoms with Crippen LogP contribution in [0.1, 0.15) is 17.8 Å². The van der Waals surface area contributed by atoms with Crippen LogP contribution in [0.5, 0.6) is 0 Å². The molecule has 0 amide bonds. The van der Waals surface area contributed by atoms with Crippen LogP contribution < -0.4 is 5.32 Å². The first-order chi connectivity index (χ1) is 8.46. The summed E-state index contributed by atoms with van der Waals surface area (Å²) >= 11 is 1.75. The molecular formula is C13H17NO2S2. The monoisotopic (exact) mass is 283 g/mol. The Labute approximate surface area is 112 Å². The maximum absolute atomic E-state index is 11.1. The van der Waals surface area contributed by atoms with Crippen LogP contribution in [0.3, 0.4) is 0 Å². The van der Waals surface area contributed by atoms with E-state index in [9.17, 15) is 8.42 Å². The van der Waals surface area contributed by atoms with Crippen LogP contribution in [-0.4, -0.2) is 27.0 Å². The standard InChI is InChI=1S/C13H17NO2S2/c1-10(14-7-8-18(2,15)16)13-9-11-5-3-4-6-12(11)17-13/h3-6,9-10,14H,7-8H2,1-2H3. The zero-order chi connectivity index (χ0) is 13.2. The fourth-order valence-electron chi connectivity index (χ4n) is 1.78. The Kier molecular flexibility index (Phi) is 4.04. The van der Waals surface area contributed by atoms with Gasteiger partial charge in [-0.3, -0.25) is 0 Å². The second-order valence-corrected chi connectivity index (χ2v) is 7.87. The molecule has 2 rings (SSSR count). The van der Waals surface area contributed by atoms with Gasteiger partial charge in [0.25, 0.3) is 0 Å². The third-order valence-electron chi connectivity index (χ3n) is 2.79. The molecule has 0 radical (unpaired) electrons. The van der Waals surface area contributed by atoms with E-state index in [0.29, 0.717) is 6.54 Å². The number of benzene rings is 1. The van der Waals surface area contributed by atoms with E-state index in [1.54, 1.807) is 11.3 Å². The van der Waals surface area contributed by atoms with Crippen molar-refractivity contribution < 1.29 is 8.42 Å². The highest BCUT2D eigenvalue weighted by Gasteiger charge is 2.10. The second kappa shape index (κ2) is 5.38. The van der Waals surface area contributed by atoms with Crippen molar-refractivity contribution in [2.45, 2.75) is 13.0 Å². The van der Waals surface area contributed by atoms with Crippen LogP contribution in [0.15, 0.2) is 30.3 Å². The number of fused-ring (bicyclic) bond motifs is 1. The first kappa shape index (κ1) is 13.5. The third kappa shape index (κ3) is 3.54. The number of sulfone groups is 1. The molecule has 0 saturated heterocycles. The van der Waals surface area contributed by atoms with Crippen LogP contribution in [0.4, 0.5) is 0 Å². The molecule has 1 aromatic carbocycles. The van der Waals surface area contributed by atoms with E-state index < -0.39 is 9.84 Å².